The first kappa shape index (κ1) is 13.3. The summed E-state index contributed by atoms with van der Waals surface area (Å²) in [6.45, 7) is 3.65. The fraction of sp³-hybridized carbons (Fsp3) is 0.643. The van der Waals surface area contributed by atoms with E-state index in [1.807, 2.05) is 0 Å². The van der Waals surface area contributed by atoms with E-state index in [0.29, 0.717) is 17.3 Å². The number of methoxy groups -OCH3 is 1. The summed E-state index contributed by atoms with van der Waals surface area (Å²) in [7, 11) is 1.36. The van der Waals surface area contributed by atoms with Crippen molar-refractivity contribution in [2.45, 2.75) is 32.0 Å². The number of esters is 1. The van der Waals surface area contributed by atoms with Gasteiger partial charge in [0.15, 0.2) is 5.82 Å². The Labute approximate surface area is 118 Å². The molecule has 2 heterocycles. The van der Waals surface area contributed by atoms with E-state index in [0.717, 1.165) is 13.1 Å². The number of nitrogens with zero attached hydrogens (tertiary/aromatic N) is 3. The Balaban J connectivity index is 1.78. The number of carbonyl (C=O) groups is 1. The van der Waals surface area contributed by atoms with Crippen molar-refractivity contribution < 1.29 is 14.3 Å². The summed E-state index contributed by atoms with van der Waals surface area (Å²) in [5.74, 6) is 1.01. The van der Waals surface area contributed by atoms with Crippen LogP contribution in [0.4, 0.5) is 5.82 Å². The Kier molecular flexibility index (Phi) is 3.56. The van der Waals surface area contributed by atoms with Gasteiger partial charge >= 0.3 is 5.97 Å². The SMILES string of the molecule is COC(=O)c1cnnc(N2C[C@@H](C)O[C@@H](C3CC3)C2)c1. The molecule has 1 saturated heterocycles. The topological polar surface area (TPSA) is 64.5 Å². The zero-order valence-electron chi connectivity index (χ0n) is 11.8. The van der Waals surface area contributed by atoms with Gasteiger partial charge in [0.2, 0.25) is 0 Å². The highest BCUT2D eigenvalue weighted by atomic mass is 16.5. The van der Waals surface area contributed by atoms with E-state index in [4.69, 9.17) is 9.47 Å². The van der Waals surface area contributed by atoms with E-state index >= 15 is 0 Å². The maximum absolute atomic E-state index is 11.6. The molecule has 0 amide bonds. The number of hydrogen-bond acceptors (Lipinski definition) is 6. The number of ether oxygens (including phenoxy) is 2. The Bertz CT molecular complexity index is 504. The maximum atomic E-state index is 11.6. The largest absolute Gasteiger partial charge is 0.465 e. The van der Waals surface area contributed by atoms with Crippen molar-refractivity contribution >= 4 is 11.8 Å². The molecule has 1 aliphatic heterocycles. The van der Waals surface area contributed by atoms with Gasteiger partial charge in [0.25, 0.3) is 0 Å². The molecule has 0 spiro atoms. The molecule has 1 aromatic heterocycles. The molecule has 1 aromatic rings. The molecule has 1 saturated carbocycles. The summed E-state index contributed by atoms with van der Waals surface area (Å²) in [5.41, 5.74) is 0.430. The highest BCUT2D eigenvalue weighted by Crippen LogP contribution is 2.37. The zero-order valence-corrected chi connectivity index (χ0v) is 11.8. The summed E-state index contributed by atoms with van der Waals surface area (Å²) < 4.78 is 10.7. The van der Waals surface area contributed by atoms with E-state index in [9.17, 15) is 4.79 Å². The van der Waals surface area contributed by atoms with Crippen molar-refractivity contribution in [1.82, 2.24) is 10.2 Å². The molecule has 0 aromatic carbocycles. The van der Waals surface area contributed by atoms with Crippen LogP contribution in [0.1, 0.15) is 30.1 Å². The highest BCUT2D eigenvalue weighted by Gasteiger charge is 2.37. The lowest BCUT2D eigenvalue weighted by atomic mass is 10.1. The second-order valence-corrected chi connectivity index (χ2v) is 5.52. The third-order valence-corrected chi connectivity index (χ3v) is 3.82. The first-order chi connectivity index (χ1) is 9.67. The van der Waals surface area contributed by atoms with Gasteiger partial charge in [-0.3, -0.25) is 0 Å². The van der Waals surface area contributed by atoms with Crippen molar-refractivity contribution in [3.8, 4) is 0 Å². The minimum absolute atomic E-state index is 0.165. The monoisotopic (exact) mass is 277 g/mol. The second kappa shape index (κ2) is 5.36. The van der Waals surface area contributed by atoms with E-state index in [2.05, 4.69) is 22.0 Å². The molecule has 0 radical (unpaired) electrons. The molecule has 0 N–H and O–H groups in total. The summed E-state index contributed by atoms with van der Waals surface area (Å²) in [6, 6.07) is 1.74. The summed E-state index contributed by atoms with van der Waals surface area (Å²) in [5, 5.41) is 8.05. The molecule has 1 aliphatic carbocycles. The summed E-state index contributed by atoms with van der Waals surface area (Å²) in [6.07, 6.45) is 4.36. The number of rotatable bonds is 3. The van der Waals surface area contributed by atoms with Crippen molar-refractivity contribution in [2.75, 3.05) is 25.1 Å². The third-order valence-electron chi connectivity index (χ3n) is 3.82. The molecular weight excluding hydrogens is 258 g/mol. The highest BCUT2D eigenvalue weighted by molar-refractivity contribution is 5.89. The lowest BCUT2D eigenvalue weighted by Gasteiger charge is -2.37. The third kappa shape index (κ3) is 2.75. The number of carbonyl (C=O) groups excluding carboxylic acids is 1. The van der Waals surface area contributed by atoms with Crippen molar-refractivity contribution in [2.24, 2.45) is 5.92 Å². The quantitative estimate of drug-likeness (QED) is 0.775. The second-order valence-electron chi connectivity index (χ2n) is 5.52. The van der Waals surface area contributed by atoms with Crippen LogP contribution >= 0.6 is 0 Å². The predicted molar refractivity (Wildman–Crippen MR) is 72.6 cm³/mol. The van der Waals surface area contributed by atoms with Crippen LogP contribution in [0.15, 0.2) is 12.3 Å². The molecule has 0 unspecified atom stereocenters. The molecule has 2 atom stereocenters. The fourth-order valence-corrected chi connectivity index (χ4v) is 2.64. The smallest absolute Gasteiger partial charge is 0.339 e. The number of morpholine rings is 1. The molecule has 0 bridgehead atoms. The Morgan fingerprint density at radius 2 is 2.25 bits per heavy atom. The standard InChI is InChI=1S/C14H19N3O3/c1-9-7-17(8-12(20-9)10-3-4-10)13-5-11(6-15-16-13)14(18)19-2/h5-6,9-10,12H,3-4,7-8H2,1-2H3/t9-,12-/m1/s1. The van der Waals surface area contributed by atoms with Gasteiger partial charge in [-0.15, -0.1) is 5.10 Å². The van der Waals surface area contributed by atoms with Gasteiger partial charge in [-0.25, -0.2) is 4.79 Å². The van der Waals surface area contributed by atoms with Gasteiger partial charge in [0.1, 0.15) is 0 Å². The van der Waals surface area contributed by atoms with Crippen LogP contribution in [0.5, 0.6) is 0 Å². The number of aromatic nitrogens is 2. The minimum Gasteiger partial charge on any atom is -0.465 e. The van der Waals surface area contributed by atoms with Crippen LogP contribution in [0.25, 0.3) is 0 Å². The molecule has 6 heteroatoms. The van der Waals surface area contributed by atoms with E-state index in [1.165, 1.54) is 26.1 Å². The normalized spacial score (nSPS) is 26.4. The van der Waals surface area contributed by atoms with Crippen molar-refractivity contribution in [3.05, 3.63) is 17.8 Å². The minimum atomic E-state index is -0.388. The predicted octanol–water partition coefficient (Wildman–Crippen LogP) is 1.27. The van der Waals surface area contributed by atoms with Crippen LogP contribution < -0.4 is 4.90 Å². The van der Waals surface area contributed by atoms with Gasteiger partial charge in [-0.2, -0.15) is 5.10 Å². The summed E-state index contributed by atoms with van der Waals surface area (Å²) >= 11 is 0. The van der Waals surface area contributed by atoms with Crippen molar-refractivity contribution in [3.63, 3.8) is 0 Å². The van der Waals surface area contributed by atoms with Crippen molar-refractivity contribution in [1.29, 1.82) is 0 Å². The molecule has 108 valence electrons. The van der Waals surface area contributed by atoms with E-state index in [-0.39, 0.29) is 18.2 Å². The van der Waals surface area contributed by atoms with Gasteiger partial charge in [-0.1, -0.05) is 0 Å². The number of hydrogen-bond donors (Lipinski definition) is 0. The molecule has 20 heavy (non-hydrogen) atoms. The average molecular weight is 277 g/mol. The van der Waals surface area contributed by atoms with Crippen LogP contribution in [0.3, 0.4) is 0 Å². The van der Waals surface area contributed by atoms with Gasteiger partial charge < -0.3 is 14.4 Å². The average Bonchev–Trinajstić information content (AvgIpc) is 3.30. The first-order valence-corrected chi connectivity index (χ1v) is 6.99. The lowest BCUT2D eigenvalue weighted by Crippen LogP contribution is -2.48. The Hall–Kier alpha value is -1.69. The fourth-order valence-electron chi connectivity index (χ4n) is 2.64. The molecule has 3 rings (SSSR count). The number of anilines is 1. The molecular formula is C14H19N3O3. The van der Waals surface area contributed by atoms with E-state index < -0.39 is 0 Å². The van der Waals surface area contributed by atoms with Gasteiger partial charge in [-0.05, 0) is 31.7 Å². The van der Waals surface area contributed by atoms with Crippen LogP contribution in [-0.2, 0) is 9.47 Å². The van der Waals surface area contributed by atoms with Crippen LogP contribution in [0, 0.1) is 5.92 Å². The molecule has 6 nitrogen and oxygen atoms in total. The van der Waals surface area contributed by atoms with Gasteiger partial charge in [0, 0.05) is 13.1 Å². The van der Waals surface area contributed by atoms with Crippen LogP contribution in [-0.4, -0.2) is 48.6 Å². The Morgan fingerprint density at radius 1 is 1.45 bits per heavy atom. The van der Waals surface area contributed by atoms with Gasteiger partial charge in [0.05, 0.1) is 31.1 Å². The summed E-state index contributed by atoms with van der Waals surface area (Å²) in [4.78, 5) is 13.7. The maximum Gasteiger partial charge on any atom is 0.339 e. The molecule has 2 fully saturated rings. The Morgan fingerprint density at radius 3 is 2.95 bits per heavy atom. The first-order valence-electron chi connectivity index (χ1n) is 6.99. The van der Waals surface area contributed by atoms with Crippen LogP contribution in [0.2, 0.25) is 0 Å². The lowest BCUT2D eigenvalue weighted by molar-refractivity contribution is -0.0274. The zero-order chi connectivity index (χ0) is 14.1. The van der Waals surface area contributed by atoms with E-state index in [1.54, 1.807) is 6.07 Å². The molecule has 2 aliphatic rings.